The predicted octanol–water partition coefficient (Wildman–Crippen LogP) is 3.72. The highest BCUT2D eigenvalue weighted by molar-refractivity contribution is 5.49. The van der Waals surface area contributed by atoms with Gasteiger partial charge in [-0.05, 0) is 30.3 Å². The van der Waals surface area contributed by atoms with Gasteiger partial charge < -0.3 is 9.47 Å². The van der Waals surface area contributed by atoms with Crippen LogP contribution in [-0.4, -0.2) is 49.3 Å². The lowest BCUT2D eigenvalue weighted by Crippen LogP contribution is -2.38. The molecule has 0 spiro atoms. The number of alkyl halides is 3. The van der Waals surface area contributed by atoms with Gasteiger partial charge in [-0.3, -0.25) is 15.0 Å². The molecule has 0 atom stereocenters. The Kier molecular flexibility index (Phi) is 6.92. The summed E-state index contributed by atoms with van der Waals surface area (Å²) in [6, 6.07) is 9.13. The smallest absolute Gasteiger partial charge is 0.420 e. The van der Waals surface area contributed by atoms with Crippen molar-refractivity contribution in [3.63, 3.8) is 0 Å². The standard InChI is InChI=1S/C21H19F3N2O4/c22-21(23,24)19-15-17(2-1-16-3-6-18(7-4-16)26(27)28)5-8-20(19)30-14-11-25-9-12-29-13-10-25/h3-8,15H,9-14H2. The van der Waals surface area contributed by atoms with Crippen LogP contribution in [0.25, 0.3) is 0 Å². The van der Waals surface area contributed by atoms with Crippen molar-refractivity contribution in [2.24, 2.45) is 0 Å². The molecule has 1 aliphatic rings. The average Bonchev–Trinajstić information content (AvgIpc) is 2.73. The minimum absolute atomic E-state index is 0.0847. The number of ether oxygens (including phenoxy) is 2. The summed E-state index contributed by atoms with van der Waals surface area (Å²) in [5.74, 6) is 5.13. The lowest BCUT2D eigenvalue weighted by molar-refractivity contribution is -0.384. The highest BCUT2D eigenvalue weighted by Crippen LogP contribution is 2.36. The fourth-order valence-electron chi connectivity index (χ4n) is 2.88. The van der Waals surface area contributed by atoms with Crippen molar-refractivity contribution < 1.29 is 27.6 Å². The number of hydrogen-bond donors (Lipinski definition) is 0. The van der Waals surface area contributed by atoms with Crippen molar-refractivity contribution in [1.82, 2.24) is 4.90 Å². The Morgan fingerprint density at radius 1 is 1.07 bits per heavy atom. The molecule has 9 heteroatoms. The van der Waals surface area contributed by atoms with E-state index in [4.69, 9.17) is 9.47 Å². The van der Waals surface area contributed by atoms with Gasteiger partial charge in [0.2, 0.25) is 0 Å². The summed E-state index contributed by atoms with van der Waals surface area (Å²) in [6.07, 6.45) is -4.58. The van der Waals surface area contributed by atoms with Crippen LogP contribution in [-0.2, 0) is 10.9 Å². The molecule has 0 N–H and O–H groups in total. The normalized spacial score (nSPS) is 14.6. The minimum atomic E-state index is -4.58. The van der Waals surface area contributed by atoms with Crippen LogP contribution in [0, 0.1) is 22.0 Å². The van der Waals surface area contributed by atoms with Gasteiger partial charge in [0.25, 0.3) is 5.69 Å². The third kappa shape index (κ3) is 5.95. The first-order valence-corrected chi connectivity index (χ1v) is 9.23. The van der Waals surface area contributed by atoms with Crippen molar-refractivity contribution >= 4 is 5.69 Å². The van der Waals surface area contributed by atoms with Crippen LogP contribution in [0.15, 0.2) is 42.5 Å². The predicted molar refractivity (Wildman–Crippen MR) is 103 cm³/mol. The van der Waals surface area contributed by atoms with Crippen LogP contribution in [0.5, 0.6) is 5.75 Å². The van der Waals surface area contributed by atoms with Gasteiger partial charge in [0.05, 0.1) is 23.7 Å². The van der Waals surface area contributed by atoms with Crippen molar-refractivity contribution in [3.8, 4) is 17.6 Å². The summed E-state index contributed by atoms with van der Waals surface area (Å²) in [5, 5.41) is 10.7. The van der Waals surface area contributed by atoms with Gasteiger partial charge in [-0.25, -0.2) is 0 Å². The Morgan fingerprint density at radius 2 is 1.70 bits per heavy atom. The molecule has 0 radical (unpaired) electrons. The van der Waals surface area contributed by atoms with E-state index in [0.29, 0.717) is 25.3 Å². The van der Waals surface area contributed by atoms with Crippen molar-refractivity contribution in [2.75, 3.05) is 39.5 Å². The van der Waals surface area contributed by atoms with E-state index in [1.54, 1.807) is 0 Å². The maximum Gasteiger partial charge on any atom is 0.420 e. The summed E-state index contributed by atoms with van der Waals surface area (Å²) < 4.78 is 51.1. The number of nitro groups is 1. The van der Waals surface area contributed by atoms with E-state index in [0.717, 1.165) is 19.2 Å². The molecule has 0 aliphatic carbocycles. The van der Waals surface area contributed by atoms with Gasteiger partial charge in [0.15, 0.2) is 0 Å². The van der Waals surface area contributed by atoms with Gasteiger partial charge in [0.1, 0.15) is 12.4 Å². The van der Waals surface area contributed by atoms with E-state index in [1.165, 1.54) is 36.4 Å². The van der Waals surface area contributed by atoms with Gasteiger partial charge in [-0.2, -0.15) is 13.2 Å². The Balaban J connectivity index is 1.72. The Bertz CT molecular complexity index is 943. The van der Waals surface area contributed by atoms with Crippen molar-refractivity contribution in [3.05, 3.63) is 69.3 Å². The van der Waals surface area contributed by atoms with Crippen molar-refractivity contribution in [1.29, 1.82) is 0 Å². The molecule has 2 aromatic rings. The second-order valence-corrected chi connectivity index (χ2v) is 6.57. The molecule has 0 amide bonds. The summed E-state index contributed by atoms with van der Waals surface area (Å²) in [6.45, 7) is 3.32. The summed E-state index contributed by atoms with van der Waals surface area (Å²) in [5.41, 5.74) is -0.348. The molecular formula is C21H19F3N2O4. The lowest BCUT2D eigenvalue weighted by atomic mass is 10.1. The fourth-order valence-corrected chi connectivity index (χ4v) is 2.88. The van der Waals surface area contributed by atoms with Crippen LogP contribution in [0.3, 0.4) is 0 Å². The Labute approximate surface area is 171 Å². The number of nitro benzene ring substituents is 1. The van der Waals surface area contributed by atoms with Crippen LogP contribution >= 0.6 is 0 Å². The summed E-state index contributed by atoms with van der Waals surface area (Å²) >= 11 is 0. The van der Waals surface area contributed by atoms with Crippen LogP contribution in [0.1, 0.15) is 16.7 Å². The molecule has 158 valence electrons. The number of nitrogens with zero attached hydrogens (tertiary/aromatic N) is 2. The summed E-state index contributed by atoms with van der Waals surface area (Å²) in [7, 11) is 0. The largest absolute Gasteiger partial charge is 0.492 e. The van der Waals surface area contributed by atoms with Gasteiger partial charge in [0, 0.05) is 42.9 Å². The number of rotatable bonds is 5. The van der Waals surface area contributed by atoms with Crippen molar-refractivity contribution in [2.45, 2.75) is 6.18 Å². The number of hydrogen-bond acceptors (Lipinski definition) is 5. The molecule has 1 saturated heterocycles. The zero-order valence-corrected chi connectivity index (χ0v) is 15.9. The average molecular weight is 420 g/mol. The minimum Gasteiger partial charge on any atom is -0.492 e. The number of halogens is 3. The van der Waals surface area contributed by atoms with E-state index < -0.39 is 16.7 Å². The zero-order valence-electron chi connectivity index (χ0n) is 15.9. The van der Waals surface area contributed by atoms with E-state index in [1.807, 2.05) is 0 Å². The number of benzene rings is 2. The third-order valence-corrected chi connectivity index (χ3v) is 4.48. The number of non-ortho nitro benzene ring substituents is 1. The molecule has 1 heterocycles. The lowest BCUT2D eigenvalue weighted by Gasteiger charge is -2.26. The monoisotopic (exact) mass is 420 g/mol. The summed E-state index contributed by atoms with van der Waals surface area (Å²) in [4.78, 5) is 12.2. The van der Waals surface area contributed by atoms with E-state index in [2.05, 4.69) is 16.7 Å². The molecule has 0 aromatic heterocycles. The second kappa shape index (κ2) is 9.61. The maximum atomic E-state index is 13.5. The molecule has 1 aliphatic heterocycles. The molecule has 30 heavy (non-hydrogen) atoms. The fraction of sp³-hybridized carbons (Fsp3) is 0.333. The molecule has 1 fully saturated rings. The first-order chi connectivity index (χ1) is 14.3. The van der Waals surface area contributed by atoms with E-state index in [-0.39, 0.29) is 23.6 Å². The van der Waals surface area contributed by atoms with Gasteiger partial charge in [-0.15, -0.1) is 0 Å². The molecule has 0 bridgehead atoms. The van der Waals surface area contributed by atoms with Gasteiger partial charge in [-0.1, -0.05) is 11.8 Å². The van der Waals surface area contributed by atoms with Crippen LogP contribution < -0.4 is 4.74 Å². The quantitative estimate of drug-likeness (QED) is 0.419. The number of morpholine rings is 1. The molecule has 0 unspecified atom stereocenters. The SMILES string of the molecule is O=[N+]([O-])c1ccc(C#Cc2ccc(OCCN3CCOCC3)c(C(F)(F)F)c2)cc1. The van der Waals surface area contributed by atoms with Crippen LogP contribution in [0.2, 0.25) is 0 Å². The van der Waals surface area contributed by atoms with E-state index in [9.17, 15) is 23.3 Å². The highest BCUT2D eigenvalue weighted by Gasteiger charge is 2.34. The topological polar surface area (TPSA) is 64.8 Å². The molecule has 0 saturated carbocycles. The first-order valence-electron chi connectivity index (χ1n) is 9.23. The Morgan fingerprint density at radius 3 is 2.33 bits per heavy atom. The maximum absolute atomic E-state index is 13.5. The molecule has 3 rings (SSSR count). The highest BCUT2D eigenvalue weighted by atomic mass is 19.4. The molecule has 2 aromatic carbocycles. The second-order valence-electron chi connectivity index (χ2n) is 6.57. The zero-order chi connectivity index (χ0) is 21.6. The Hall–Kier alpha value is -3.09. The third-order valence-electron chi connectivity index (χ3n) is 4.48. The molecule has 6 nitrogen and oxygen atoms in total. The van der Waals surface area contributed by atoms with E-state index >= 15 is 0 Å². The molecular weight excluding hydrogens is 401 g/mol. The first kappa shape index (κ1) is 21.6. The van der Waals surface area contributed by atoms with Crippen LogP contribution in [0.4, 0.5) is 18.9 Å². The van der Waals surface area contributed by atoms with Gasteiger partial charge >= 0.3 is 6.18 Å².